The normalized spacial score (nSPS) is 30.6. The molecule has 0 radical (unpaired) electrons. The van der Waals surface area contributed by atoms with E-state index in [-0.39, 0.29) is 0 Å². The molecule has 88 valence electrons. The summed E-state index contributed by atoms with van der Waals surface area (Å²) in [5, 5.41) is 3.67. The van der Waals surface area contributed by atoms with E-state index in [0.29, 0.717) is 12.1 Å². The molecule has 0 amide bonds. The predicted octanol–water partition coefficient (Wildman–Crippen LogP) is 2.72. The first-order valence-electron chi connectivity index (χ1n) is 6.71. The van der Waals surface area contributed by atoms with Crippen LogP contribution in [0.3, 0.4) is 0 Å². The highest BCUT2D eigenvalue weighted by molar-refractivity contribution is 4.78. The van der Waals surface area contributed by atoms with Crippen LogP contribution in [0.5, 0.6) is 0 Å². The van der Waals surface area contributed by atoms with Gasteiger partial charge >= 0.3 is 0 Å². The summed E-state index contributed by atoms with van der Waals surface area (Å²) in [4.78, 5) is 0. The Balaban J connectivity index is 1.63. The van der Waals surface area contributed by atoms with Gasteiger partial charge in [-0.2, -0.15) is 0 Å². The van der Waals surface area contributed by atoms with Crippen molar-refractivity contribution in [2.24, 2.45) is 5.92 Å². The number of nitrogens with one attached hydrogen (secondary N) is 1. The van der Waals surface area contributed by atoms with Gasteiger partial charge < -0.3 is 10.1 Å². The average Bonchev–Trinajstić information content (AvgIpc) is 2.81. The largest absolute Gasteiger partial charge is 0.377 e. The molecule has 1 saturated carbocycles. The molecular weight excluding hydrogens is 186 g/mol. The van der Waals surface area contributed by atoms with E-state index in [1.165, 1.54) is 51.5 Å². The van der Waals surface area contributed by atoms with Crippen molar-refractivity contribution in [1.29, 1.82) is 0 Å². The van der Waals surface area contributed by atoms with E-state index in [2.05, 4.69) is 12.2 Å². The summed E-state index contributed by atoms with van der Waals surface area (Å²) in [6.07, 6.45) is 10.2. The van der Waals surface area contributed by atoms with E-state index in [0.717, 1.165) is 12.5 Å². The summed E-state index contributed by atoms with van der Waals surface area (Å²) in [6.45, 7) is 4.46. The van der Waals surface area contributed by atoms with Gasteiger partial charge in [-0.15, -0.1) is 0 Å². The first kappa shape index (κ1) is 11.4. The molecule has 1 N–H and O–H groups in total. The van der Waals surface area contributed by atoms with Gasteiger partial charge in [0.2, 0.25) is 0 Å². The molecule has 0 aromatic heterocycles. The molecule has 2 rings (SSSR count). The van der Waals surface area contributed by atoms with Crippen LogP contribution < -0.4 is 5.32 Å². The number of ether oxygens (including phenoxy) is 1. The topological polar surface area (TPSA) is 21.3 Å². The maximum atomic E-state index is 5.69. The van der Waals surface area contributed by atoms with Crippen LogP contribution in [0.15, 0.2) is 0 Å². The monoisotopic (exact) mass is 211 g/mol. The van der Waals surface area contributed by atoms with Gasteiger partial charge in [-0.05, 0) is 45.1 Å². The maximum Gasteiger partial charge on any atom is 0.0726 e. The number of hydrogen-bond donors (Lipinski definition) is 1. The van der Waals surface area contributed by atoms with Crippen molar-refractivity contribution < 1.29 is 4.74 Å². The highest BCUT2D eigenvalue weighted by Crippen LogP contribution is 2.23. The van der Waals surface area contributed by atoms with E-state index in [1.54, 1.807) is 0 Å². The predicted molar refractivity (Wildman–Crippen MR) is 63.0 cm³/mol. The molecule has 1 heterocycles. The summed E-state index contributed by atoms with van der Waals surface area (Å²) in [5.41, 5.74) is 0. The van der Waals surface area contributed by atoms with Crippen molar-refractivity contribution in [3.63, 3.8) is 0 Å². The van der Waals surface area contributed by atoms with Gasteiger partial charge in [0, 0.05) is 12.6 Å². The van der Waals surface area contributed by atoms with Crippen molar-refractivity contribution in [3.8, 4) is 0 Å². The van der Waals surface area contributed by atoms with Gasteiger partial charge in [-0.1, -0.05) is 19.3 Å². The van der Waals surface area contributed by atoms with Crippen LogP contribution in [0.1, 0.15) is 51.9 Å². The van der Waals surface area contributed by atoms with Crippen LogP contribution in [0.25, 0.3) is 0 Å². The third-order valence-electron chi connectivity index (χ3n) is 3.98. The first-order chi connectivity index (χ1) is 7.36. The summed E-state index contributed by atoms with van der Waals surface area (Å²) in [7, 11) is 0. The van der Waals surface area contributed by atoms with Crippen LogP contribution >= 0.6 is 0 Å². The second-order valence-corrected chi connectivity index (χ2v) is 5.25. The molecule has 0 aromatic rings. The minimum absolute atomic E-state index is 0.480. The molecule has 2 unspecified atom stereocenters. The highest BCUT2D eigenvalue weighted by atomic mass is 16.5. The molecule has 2 atom stereocenters. The van der Waals surface area contributed by atoms with Crippen LogP contribution in [0, 0.1) is 5.92 Å². The molecule has 2 aliphatic rings. The lowest BCUT2D eigenvalue weighted by Crippen LogP contribution is -2.39. The summed E-state index contributed by atoms with van der Waals surface area (Å²) in [5.74, 6) is 0.933. The summed E-state index contributed by atoms with van der Waals surface area (Å²) in [6, 6.07) is 0.550. The second kappa shape index (κ2) is 5.86. The van der Waals surface area contributed by atoms with Gasteiger partial charge in [0.25, 0.3) is 0 Å². The fourth-order valence-corrected chi connectivity index (χ4v) is 2.87. The molecule has 1 saturated heterocycles. The molecule has 0 spiro atoms. The Morgan fingerprint density at radius 2 is 1.93 bits per heavy atom. The van der Waals surface area contributed by atoms with E-state index in [1.807, 2.05) is 0 Å². The van der Waals surface area contributed by atoms with Gasteiger partial charge in [0.1, 0.15) is 0 Å². The SMILES string of the molecule is CC(NCC1CCCCC1)C1CCCO1. The fraction of sp³-hybridized carbons (Fsp3) is 1.00. The summed E-state index contributed by atoms with van der Waals surface area (Å²) < 4.78 is 5.69. The minimum Gasteiger partial charge on any atom is -0.377 e. The van der Waals surface area contributed by atoms with Crippen molar-refractivity contribution >= 4 is 0 Å². The zero-order valence-electron chi connectivity index (χ0n) is 10.0. The van der Waals surface area contributed by atoms with E-state index in [4.69, 9.17) is 4.74 Å². The van der Waals surface area contributed by atoms with Crippen LogP contribution in [0.2, 0.25) is 0 Å². The molecular formula is C13H25NO. The molecule has 2 nitrogen and oxygen atoms in total. The fourth-order valence-electron chi connectivity index (χ4n) is 2.87. The zero-order valence-corrected chi connectivity index (χ0v) is 10.0. The van der Waals surface area contributed by atoms with Crippen molar-refractivity contribution in [2.75, 3.05) is 13.2 Å². The Bertz CT molecular complexity index is 171. The smallest absolute Gasteiger partial charge is 0.0726 e. The van der Waals surface area contributed by atoms with Gasteiger partial charge in [-0.25, -0.2) is 0 Å². The standard InChI is InChI=1S/C13H25NO/c1-11(13-8-5-9-15-13)14-10-12-6-3-2-4-7-12/h11-14H,2-10H2,1H3. The van der Waals surface area contributed by atoms with Gasteiger partial charge in [-0.3, -0.25) is 0 Å². The second-order valence-electron chi connectivity index (χ2n) is 5.25. The molecule has 0 bridgehead atoms. The van der Waals surface area contributed by atoms with Gasteiger partial charge in [0.15, 0.2) is 0 Å². The first-order valence-corrected chi connectivity index (χ1v) is 6.71. The van der Waals surface area contributed by atoms with Crippen molar-refractivity contribution in [3.05, 3.63) is 0 Å². The molecule has 2 heteroatoms. The van der Waals surface area contributed by atoms with Gasteiger partial charge in [0.05, 0.1) is 6.10 Å². The summed E-state index contributed by atoms with van der Waals surface area (Å²) >= 11 is 0. The lowest BCUT2D eigenvalue weighted by molar-refractivity contribution is 0.0815. The van der Waals surface area contributed by atoms with E-state index >= 15 is 0 Å². The van der Waals surface area contributed by atoms with E-state index in [9.17, 15) is 0 Å². The molecule has 15 heavy (non-hydrogen) atoms. The third kappa shape index (κ3) is 3.46. The van der Waals surface area contributed by atoms with Crippen molar-refractivity contribution in [1.82, 2.24) is 5.32 Å². The Hall–Kier alpha value is -0.0800. The molecule has 0 aromatic carbocycles. The third-order valence-corrected chi connectivity index (χ3v) is 3.98. The van der Waals surface area contributed by atoms with Crippen LogP contribution in [0.4, 0.5) is 0 Å². The lowest BCUT2D eigenvalue weighted by atomic mass is 9.89. The number of hydrogen-bond acceptors (Lipinski definition) is 2. The maximum absolute atomic E-state index is 5.69. The quantitative estimate of drug-likeness (QED) is 0.772. The molecule has 2 fully saturated rings. The van der Waals surface area contributed by atoms with Crippen LogP contribution in [-0.4, -0.2) is 25.3 Å². The number of rotatable bonds is 4. The Kier molecular flexibility index (Phi) is 4.45. The Morgan fingerprint density at radius 1 is 1.13 bits per heavy atom. The minimum atomic E-state index is 0.480. The Labute approximate surface area is 93.8 Å². The van der Waals surface area contributed by atoms with Crippen molar-refractivity contribution in [2.45, 2.75) is 64.0 Å². The highest BCUT2D eigenvalue weighted by Gasteiger charge is 2.23. The zero-order chi connectivity index (χ0) is 10.5. The van der Waals surface area contributed by atoms with Crippen LogP contribution in [-0.2, 0) is 4.74 Å². The lowest BCUT2D eigenvalue weighted by Gasteiger charge is -2.26. The molecule has 1 aliphatic carbocycles. The molecule has 1 aliphatic heterocycles. The van der Waals surface area contributed by atoms with E-state index < -0.39 is 0 Å². The Morgan fingerprint density at radius 3 is 2.60 bits per heavy atom. The average molecular weight is 211 g/mol.